The van der Waals surface area contributed by atoms with E-state index in [9.17, 15) is 27.6 Å². The average molecular weight is 514 g/mol. The van der Waals surface area contributed by atoms with Gasteiger partial charge in [-0.25, -0.2) is 8.42 Å². The molecule has 1 unspecified atom stereocenters. The summed E-state index contributed by atoms with van der Waals surface area (Å²) in [5.41, 5.74) is 1.35. The average Bonchev–Trinajstić information content (AvgIpc) is 3.18. The van der Waals surface area contributed by atoms with Crippen molar-refractivity contribution in [1.82, 2.24) is 14.9 Å². The lowest BCUT2D eigenvalue weighted by Crippen LogP contribution is -2.52. The Morgan fingerprint density at radius 3 is 2.58 bits per heavy atom. The molecule has 2 aliphatic rings. The van der Waals surface area contributed by atoms with Crippen LogP contribution >= 0.6 is 0 Å². The highest BCUT2D eigenvalue weighted by Crippen LogP contribution is 2.32. The van der Waals surface area contributed by atoms with Crippen LogP contribution in [0.1, 0.15) is 47.7 Å². The van der Waals surface area contributed by atoms with Gasteiger partial charge in [-0.1, -0.05) is 36.4 Å². The summed E-state index contributed by atoms with van der Waals surface area (Å²) >= 11 is 0. The lowest BCUT2D eigenvalue weighted by Gasteiger charge is -2.29. The van der Waals surface area contributed by atoms with Crippen LogP contribution in [-0.2, 0) is 42.1 Å². The van der Waals surface area contributed by atoms with Gasteiger partial charge in [-0.15, -0.1) is 0 Å². The Balaban J connectivity index is 1.58. The second kappa shape index (κ2) is 10.6. The molecule has 0 saturated carbocycles. The molecule has 1 fully saturated rings. The van der Waals surface area contributed by atoms with Gasteiger partial charge in [0.2, 0.25) is 21.8 Å². The number of piperidine rings is 1. The molecule has 2 heterocycles. The van der Waals surface area contributed by atoms with E-state index in [4.69, 9.17) is 4.74 Å². The molecule has 0 aliphatic carbocycles. The van der Waals surface area contributed by atoms with Crippen LogP contribution in [0.2, 0.25) is 0 Å². The summed E-state index contributed by atoms with van der Waals surface area (Å²) in [6, 6.07) is 11.7. The molecule has 10 nitrogen and oxygen atoms in total. The number of nitrogens with zero attached hydrogens (tertiary/aromatic N) is 1. The summed E-state index contributed by atoms with van der Waals surface area (Å²) in [6.45, 7) is 1.63. The maximum atomic E-state index is 13.4. The summed E-state index contributed by atoms with van der Waals surface area (Å²) < 4.78 is 34.5. The van der Waals surface area contributed by atoms with Gasteiger partial charge in [-0.3, -0.25) is 24.5 Å². The second-order valence-corrected chi connectivity index (χ2v) is 10.3. The van der Waals surface area contributed by atoms with Crippen LogP contribution < -0.4 is 10.0 Å². The third-order valence-electron chi connectivity index (χ3n) is 6.26. The molecule has 4 rings (SSSR count). The minimum Gasteiger partial charge on any atom is -0.465 e. The largest absolute Gasteiger partial charge is 0.465 e. The summed E-state index contributed by atoms with van der Waals surface area (Å²) in [5, 5.41) is 2.22. The number of amides is 3. The Morgan fingerprint density at radius 2 is 1.89 bits per heavy atom. The number of hydrogen-bond donors (Lipinski definition) is 2. The van der Waals surface area contributed by atoms with E-state index in [-0.39, 0.29) is 48.4 Å². The highest BCUT2D eigenvalue weighted by atomic mass is 32.2. The zero-order valence-electron chi connectivity index (χ0n) is 19.7. The third kappa shape index (κ3) is 5.31. The first-order valence-electron chi connectivity index (χ1n) is 11.7. The number of carbonyl (C=O) groups is 4. The number of ether oxygens (including phenoxy) is 1. The molecule has 11 heteroatoms. The minimum absolute atomic E-state index is 0.0892. The number of rotatable bonds is 9. The highest BCUT2D eigenvalue weighted by Gasteiger charge is 2.41. The molecule has 3 amide bonds. The first kappa shape index (κ1) is 25.5. The van der Waals surface area contributed by atoms with E-state index in [0.29, 0.717) is 6.42 Å². The molecule has 0 radical (unpaired) electrons. The molecule has 0 bridgehead atoms. The van der Waals surface area contributed by atoms with E-state index in [2.05, 4.69) is 10.0 Å². The molecule has 2 aromatic rings. The molecule has 2 aliphatic heterocycles. The number of imide groups is 1. The molecule has 36 heavy (non-hydrogen) atoms. The molecule has 2 atom stereocenters. The fourth-order valence-electron chi connectivity index (χ4n) is 4.48. The van der Waals surface area contributed by atoms with Gasteiger partial charge in [0, 0.05) is 24.1 Å². The Bertz CT molecular complexity index is 1290. The first-order chi connectivity index (χ1) is 17.2. The van der Waals surface area contributed by atoms with Crippen molar-refractivity contribution in [2.45, 2.75) is 56.1 Å². The van der Waals surface area contributed by atoms with Crippen LogP contribution in [0, 0.1) is 0 Å². The smallest absolute Gasteiger partial charge is 0.324 e. The fraction of sp³-hybridized carbons (Fsp3) is 0.360. The summed E-state index contributed by atoms with van der Waals surface area (Å²) in [4.78, 5) is 50.6. The maximum absolute atomic E-state index is 13.4. The van der Waals surface area contributed by atoms with Crippen molar-refractivity contribution in [3.63, 3.8) is 0 Å². The van der Waals surface area contributed by atoms with Crippen molar-refractivity contribution in [3.8, 4) is 0 Å². The van der Waals surface area contributed by atoms with Gasteiger partial charge in [-0.05, 0) is 43.9 Å². The normalized spacial score (nSPS) is 18.5. The molecule has 2 aromatic carbocycles. The van der Waals surface area contributed by atoms with Crippen molar-refractivity contribution in [2.24, 2.45) is 0 Å². The lowest BCUT2D eigenvalue weighted by molar-refractivity contribution is -0.145. The van der Waals surface area contributed by atoms with Gasteiger partial charge in [0.1, 0.15) is 12.1 Å². The second-order valence-electron chi connectivity index (χ2n) is 8.63. The predicted molar refractivity (Wildman–Crippen MR) is 128 cm³/mol. The quantitative estimate of drug-likeness (QED) is 0.380. The van der Waals surface area contributed by atoms with Crippen LogP contribution in [0.4, 0.5) is 0 Å². The Hall–Kier alpha value is -3.57. The first-order valence-corrected chi connectivity index (χ1v) is 13.2. The molecule has 190 valence electrons. The molecule has 0 aromatic heterocycles. The van der Waals surface area contributed by atoms with Crippen molar-refractivity contribution in [3.05, 3.63) is 65.2 Å². The maximum Gasteiger partial charge on any atom is 0.324 e. The summed E-state index contributed by atoms with van der Waals surface area (Å²) in [6.07, 6.45) is 0.876. The molecule has 1 saturated heterocycles. The Labute approximate surface area is 209 Å². The predicted octanol–water partition coefficient (Wildman–Crippen LogP) is 1.29. The topological polar surface area (TPSA) is 139 Å². The number of fused-ring (bicyclic) bond motifs is 1. The van der Waals surface area contributed by atoms with Crippen LogP contribution in [0.5, 0.6) is 0 Å². The van der Waals surface area contributed by atoms with Crippen molar-refractivity contribution < 1.29 is 32.3 Å². The van der Waals surface area contributed by atoms with Gasteiger partial charge in [0.25, 0.3) is 5.91 Å². The van der Waals surface area contributed by atoms with Gasteiger partial charge >= 0.3 is 5.97 Å². The van der Waals surface area contributed by atoms with E-state index in [1.54, 1.807) is 6.92 Å². The van der Waals surface area contributed by atoms with Crippen molar-refractivity contribution in [1.29, 1.82) is 0 Å². The van der Waals surface area contributed by atoms with Crippen molar-refractivity contribution >= 4 is 33.7 Å². The number of benzene rings is 2. The van der Waals surface area contributed by atoms with Crippen LogP contribution in [0.15, 0.2) is 53.4 Å². The van der Waals surface area contributed by atoms with Gasteiger partial charge < -0.3 is 9.64 Å². The van der Waals surface area contributed by atoms with Crippen molar-refractivity contribution in [2.75, 3.05) is 6.61 Å². The molecule has 2 N–H and O–H groups in total. The van der Waals surface area contributed by atoms with Crippen LogP contribution in [0.3, 0.4) is 0 Å². The van der Waals surface area contributed by atoms with Crippen LogP contribution in [-0.4, -0.2) is 55.7 Å². The standard InChI is InChI=1S/C25H27N3O7S/c1-2-35-25(32)19(12-11-16-7-4-3-5-8-16)27-36(33,34)21-10-6-9-17-18(21)15-28(24(17)31)20-13-14-22(29)26-23(20)30/h3-10,19-20,27H,2,11-15H2,1H3,(H,26,29,30)/t19-,20?/m1/s1. The number of sulfonamides is 1. The van der Waals surface area contributed by atoms with E-state index in [1.165, 1.54) is 23.1 Å². The minimum atomic E-state index is -4.24. The van der Waals surface area contributed by atoms with Gasteiger partial charge in [-0.2, -0.15) is 4.72 Å². The number of hydrogen-bond acceptors (Lipinski definition) is 7. The summed E-state index contributed by atoms with van der Waals surface area (Å²) in [5.74, 6) is -2.17. The van der Waals surface area contributed by atoms with Gasteiger partial charge in [0.05, 0.1) is 11.5 Å². The Morgan fingerprint density at radius 1 is 1.14 bits per heavy atom. The van der Waals surface area contributed by atoms with E-state index in [0.717, 1.165) is 5.56 Å². The van der Waals surface area contributed by atoms with E-state index in [1.807, 2.05) is 30.3 Å². The fourth-order valence-corrected chi connectivity index (χ4v) is 5.96. The SMILES string of the molecule is CCOC(=O)[C@@H](CCc1ccccc1)NS(=O)(=O)c1cccc2c1CN(C1CCC(=O)NC1=O)C2=O. The Kier molecular flexibility index (Phi) is 7.51. The van der Waals surface area contributed by atoms with E-state index >= 15 is 0 Å². The third-order valence-corrected chi connectivity index (χ3v) is 7.82. The number of esters is 1. The van der Waals surface area contributed by atoms with E-state index < -0.39 is 45.8 Å². The zero-order chi connectivity index (χ0) is 25.9. The highest BCUT2D eigenvalue weighted by molar-refractivity contribution is 7.89. The molecular weight excluding hydrogens is 486 g/mol. The lowest BCUT2D eigenvalue weighted by atomic mass is 10.0. The van der Waals surface area contributed by atoms with Gasteiger partial charge in [0.15, 0.2) is 0 Å². The summed E-state index contributed by atoms with van der Waals surface area (Å²) in [7, 11) is -4.24. The molecule has 0 spiro atoms. The number of aryl methyl sites for hydroxylation is 1. The molecular formula is C25H27N3O7S. The number of nitrogens with one attached hydrogen (secondary N) is 2. The van der Waals surface area contributed by atoms with Crippen LogP contribution in [0.25, 0.3) is 0 Å². The zero-order valence-corrected chi connectivity index (χ0v) is 20.5. The monoisotopic (exact) mass is 513 g/mol. The number of carbonyl (C=O) groups excluding carboxylic acids is 4.